The van der Waals surface area contributed by atoms with Crippen molar-refractivity contribution >= 4 is 35.0 Å². The highest BCUT2D eigenvalue weighted by atomic mass is 35.5. The summed E-state index contributed by atoms with van der Waals surface area (Å²) in [6, 6.07) is 13.1. The van der Waals surface area contributed by atoms with Crippen LogP contribution in [-0.4, -0.2) is 21.9 Å². The van der Waals surface area contributed by atoms with E-state index in [9.17, 15) is 0 Å². The summed E-state index contributed by atoms with van der Waals surface area (Å²) in [6.45, 7) is 1.93. The lowest BCUT2D eigenvalue weighted by Gasteiger charge is -2.16. The highest BCUT2D eigenvalue weighted by molar-refractivity contribution is 7.98. The molecule has 1 atom stereocenters. The quantitative estimate of drug-likeness (QED) is 0.465. The zero-order valence-corrected chi connectivity index (χ0v) is 17.5. The van der Waals surface area contributed by atoms with Crippen molar-refractivity contribution in [2.45, 2.75) is 23.9 Å². The first kappa shape index (κ1) is 19.9. The largest absolute Gasteiger partial charge is 0.493 e. The molecule has 1 heterocycles. The second-order valence-electron chi connectivity index (χ2n) is 5.85. The Balaban J connectivity index is 1.69. The molecule has 0 radical (unpaired) electrons. The Bertz CT molecular complexity index is 933. The summed E-state index contributed by atoms with van der Waals surface area (Å²) in [5.74, 6) is 2.80. The predicted octanol–water partition coefficient (Wildman–Crippen LogP) is 5.56. The zero-order chi connectivity index (χ0) is 19.4. The second kappa shape index (κ2) is 8.87. The molecule has 8 heteroatoms. The van der Waals surface area contributed by atoms with E-state index in [2.05, 4.69) is 10.2 Å². The van der Waals surface area contributed by atoms with Gasteiger partial charge in [-0.1, -0.05) is 53.2 Å². The minimum atomic E-state index is -0.280. The number of hydrogen-bond acceptors (Lipinski definition) is 5. The van der Waals surface area contributed by atoms with Crippen LogP contribution < -0.4 is 9.47 Å². The average Bonchev–Trinajstić information content (AvgIpc) is 3.04. The number of nitrogens with zero attached hydrogens (tertiary/aromatic N) is 3. The number of ether oxygens (including phenoxy) is 2. The molecule has 0 saturated carbocycles. The molecule has 27 heavy (non-hydrogen) atoms. The van der Waals surface area contributed by atoms with E-state index in [-0.39, 0.29) is 6.10 Å². The van der Waals surface area contributed by atoms with Crippen molar-refractivity contribution in [2.24, 2.45) is 7.05 Å². The molecule has 0 saturated heterocycles. The molecule has 5 nitrogen and oxygen atoms in total. The summed E-state index contributed by atoms with van der Waals surface area (Å²) in [7, 11) is 3.54. The second-order valence-corrected chi connectivity index (χ2v) is 7.60. The molecule has 0 aliphatic carbocycles. The van der Waals surface area contributed by atoms with Gasteiger partial charge >= 0.3 is 0 Å². The van der Waals surface area contributed by atoms with Crippen molar-refractivity contribution in [1.82, 2.24) is 14.8 Å². The first-order valence-electron chi connectivity index (χ1n) is 8.25. The standard InChI is InChI=1S/C19H19Cl2N3O2S/c1-12(26-17-7-5-4-6-16(17)25-3)18-22-23-19(24(18)2)27-11-13-8-9-14(20)15(21)10-13/h4-10,12H,11H2,1-3H3. The third kappa shape index (κ3) is 4.69. The van der Waals surface area contributed by atoms with Crippen LogP contribution in [0.4, 0.5) is 0 Å². The summed E-state index contributed by atoms with van der Waals surface area (Å²) in [5, 5.41) is 10.5. The van der Waals surface area contributed by atoms with Crippen molar-refractivity contribution < 1.29 is 9.47 Å². The van der Waals surface area contributed by atoms with Gasteiger partial charge in [-0.2, -0.15) is 0 Å². The van der Waals surface area contributed by atoms with Crippen molar-refractivity contribution in [2.75, 3.05) is 7.11 Å². The van der Waals surface area contributed by atoms with Crippen LogP contribution in [0, 0.1) is 0 Å². The molecule has 0 aliphatic rings. The smallest absolute Gasteiger partial charge is 0.191 e. The van der Waals surface area contributed by atoms with Crippen LogP contribution in [0.25, 0.3) is 0 Å². The molecule has 0 bridgehead atoms. The summed E-state index contributed by atoms with van der Waals surface area (Å²) in [4.78, 5) is 0. The van der Waals surface area contributed by atoms with E-state index in [1.54, 1.807) is 24.9 Å². The van der Waals surface area contributed by atoms with Gasteiger partial charge < -0.3 is 14.0 Å². The Morgan fingerprint density at radius 3 is 2.52 bits per heavy atom. The fourth-order valence-electron chi connectivity index (χ4n) is 2.54. The first-order valence-corrected chi connectivity index (χ1v) is 9.99. The van der Waals surface area contributed by atoms with Crippen LogP contribution in [0.5, 0.6) is 11.5 Å². The number of halogens is 2. The van der Waals surface area contributed by atoms with Crippen LogP contribution in [0.15, 0.2) is 47.6 Å². The van der Waals surface area contributed by atoms with E-state index >= 15 is 0 Å². The van der Waals surface area contributed by atoms with Gasteiger partial charge in [0.05, 0.1) is 17.2 Å². The molecule has 0 amide bonds. The lowest BCUT2D eigenvalue weighted by Crippen LogP contribution is -2.10. The number of thioether (sulfide) groups is 1. The van der Waals surface area contributed by atoms with Gasteiger partial charge in [-0.25, -0.2) is 0 Å². The summed E-state index contributed by atoms with van der Waals surface area (Å²) < 4.78 is 13.3. The molecule has 0 aliphatic heterocycles. The van der Waals surface area contributed by atoms with Gasteiger partial charge in [0.2, 0.25) is 0 Å². The molecular weight excluding hydrogens is 405 g/mol. The zero-order valence-electron chi connectivity index (χ0n) is 15.1. The predicted molar refractivity (Wildman–Crippen MR) is 109 cm³/mol. The molecular formula is C19H19Cl2N3O2S. The van der Waals surface area contributed by atoms with Crippen LogP contribution >= 0.6 is 35.0 Å². The van der Waals surface area contributed by atoms with Gasteiger partial charge in [-0.3, -0.25) is 0 Å². The van der Waals surface area contributed by atoms with Crippen molar-refractivity contribution in [1.29, 1.82) is 0 Å². The normalized spacial score (nSPS) is 12.0. The Morgan fingerprint density at radius 2 is 1.81 bits per heavy atom. The number of methoxy groups -OCH3 is 1. The lowest BCUT2D eigenvalue weighted by atomic mass is 10.2. The van der Waals surface area contributed by atoms with Crippen molar-refractivity contribution in [3.63, 3.8) is 0 Å². The number of benzene rings is 2. The molecule has 142 valence electrons. The molecule has 3 aromatic rings. The van der Waals surface area contributed by atoms with E-state index < -0.39 is 0 Å². The number of aromatic nitrogens is 3. The highest BCUT2D eigenvalue weighted by Crippen LogP contribution is 2.31. The van der Waals surface area contributed by atoms with E-state index in [0.717, 1.165) is 16.5 Å². The van der Waals surface area contributed by atoms with Crippen LogP contribution in [0.2, 0.25) is 10.0 Å². The molecule has 0 spiro atoms. The Labute approximate surface area is 172 Å². The van der Waals surface area contributed by atoms with E-state index in [4.69, 9.17) is 32.7 Å². The number of hydrogen-bond donors (Lipinski definition) is 0. The fourth-order valence-corrected chi connectivity index (χ4v) is 3.72. The van der Waals surface area contributed by atoms with Crippen LogP contribution in [0.1, 0.15) is 24.4 Å². The maximum absolute atomic E-state index is 6.07. The van der Waals surface area contributed by atoms with Crippen LogP contribution in [-0.2, 0) is 12.8 Å². The van der Waals surface area contributed by atoms with E-state index in [1.165, 1.54) is 0 Å². The molecule has 0 fully saturated rings. The Hall–Kier alpha value is -1.89. The lowest BCUT2D eigenvalue weighted by molar-refractivity contribution is 0.202. The van der Waals surface area contributed by atoms with Crippen molar-refractivity contribution in [3.8, 4) is 11.5 Å². The summed E-state index contributed by atoms with van der Waals surface area (Å²) in [6.07, 6.45) is -0.280. The summed E-state index contributed by atoms with van der Waals surface area (Å²) in [5.41, 5.74) is 1.07. The average molecular weight is 424 g/mol. The van der Waals surface area contributed by atoms with Gasteiger partial charge in [-0.15, -0.1) is 10.2 Å². The maximum atomic E-state index is 6.07. The minimum absolute atomic E-state index is 0.280. The van der Waals surface area contributed by atoms with Crippen molar-refractivity contribution in [3.05, 3.63) is 63.9 Å². The van der Waals surface area contributed by atoms with Gasteiger partial charge in [-0.05, 0) is 36.8 Å². The molecule has 2 aromatic carbocycles. The summed E-state index contributed by atoms with van der Waals surface area (Å²) >= 11 is 13.6. The van der Waals surface area contributed by atoms with Gasteiger partial charge in [0.15, 0.2) is 28.6 Å². The molecule has 0 N–H and O–H groups in total. The maximum Gasteiger partial charge on any atom is 0.191 e. The minimum Gasteiger partial charge on any atom is -0.493 e. The van der Waals surface area contributed by atoms with Gasteiger partial charge in [0.25, 0.3) is 0 Å². The van der Waals surface area contributed by atoms with Gasteiger partial charge in [0.1, 0.15) is 0 Å². The Morgan fingerprint density at radius 1 is 1.07 bits per heavy atom. The molecule has 1 aromatic heterocycles. The molecule has 1 unspecified atom stereocenters. The monoisotopic (exact) mass is 423 g/mol. The highest BCUT2D eigenvalue weighted by Gasteiger charge is 2.18. The van der Waals surface area contributed by atoms with Gasteiger partial charge in [0, 0.05) is 12.8 Å². The van der Waals surface area contributed by atoms with E-state index in [1.807, 2.05) is 54.9 Å². The third-order valence-electron chi connectivity index (χ3n) is 3.96. The first-order chi connectivity index (χ1) is 13.0. The Kier molecular flexibility index (Phi) is 6.52. The SMILES string of the molecule is COc1ccccc1OC(C)c1nnc(SCc2ccc(Cl)c(Cl)c2)n1C. The fraction of sp³-hybridized carbons (Fsp3) is 0.263. The number of rotatable bonds is 7. The molecule has 3 rings (SSSR count). The number of para-hydroxylation sites is 2. The third-order valence-corrected chi connectivity index (χ3v) is 5.79. The topological polar surface area (TPSA) is 49.2 Å². The van der Waals surface area contributed by atoms with E-state index in [0.29, 0.717) is 27.3 Å². The van der Waals surface area contributed by atoms with Crippen LogP contribution in [0.3, 0.4) is 0 Å².